The Morgan fingerprint density at radius 2 is 1.94 bits per heavy atom. The Bertz CT molecular complexity index is 429. The van der Waals surface area contributed by atoms with Crippen molar-refractivity contribution in [2.75, 3.05) is 38.1 Å². The third-order valence-electron chi connectivity index (χ3n) is 3.05. The zero-order chi connectivity index (χ0) is 12.4. The summed E-state index contributed by atoms with van der Waals surface area (Å²) in [4.78, 5) is 15.6. The van der Waals surface area contributed by atoms with Gasteiger partial charge in [-0.3, -0.25) is 0 Å². The summed E-state index contributed by atoms with van der Waals surface area (Å²) < 4.78 is 0.924. The number of carbonyl (C=O) groups is 1. The van der Waals surface area contributed by atoms with Crippen LogP contribution in [0.2, 0.25) is 0 Å². The molecule has 5 heteroatoms. The van der Waals surface area contributed by atoms with Gasteiger partial charge in [0.1, 0.15) is 0 Å². The molecule has 0 aliphatic carbocycles. The van der Waals surface area contributed by atoms with Crippen LogP contribution in [-0.2, 0) is 0 Å². The summed E-state index contributed by atoms with van der Waals surface area (Å²) in [6, 6.07) is 5.57. The van der Waals surface area contributed by atoms with Gasteiger partial charge in [-0.15, -0.1) is 0 Å². The molecule has 2 radical (unpaired) electrons. The fourth-order valence-electron chi connectivity index (χ4n) is 2.02. The van der Waals surface area contributed by atoms with Crippen molar-refractivity contribution in [3.8, 4) is 0 Å². The number of anilines is 1. The van der Waals surface area contributed by atoms with Crippen molar-refractivity contribution in [2.45, 2.75) is 0 Å². The molecule has 1 aliphatic heterocycles. The number of rotatable bonds is 2. The molecular formula is C12H15AsN2O2. The van der Waals surface area contributed by atoms with Crippen LogP contribution in [-0.4, -0.2) is 66.1 Å². The van der Waals surface area contributed by atoms with E-state index < -0.39 is 5.97 Å². The minimum atomic E-state index is -0.855. The molecule has 1 aromatic rings. The van der Waals surface area contributed by atoms with Gasteiger partial charge in [0.05, 0.1) is 0 Å². The van der Waals surface area contributed by atoms with Crippen molar-refractivity contribution in [3.63, 3.8) is 0 Å². The Morgan fingerprint density at radius 1 is 1.29 bits per heavy atom. The number of benzene rings is 1. The molecule has 0 atom stereocenters. The second-order valence-corrected chi connectivity index (χ2v) is 5.38. The number of hydrogen-bond donors (Lipinski definition) is 1. The van der Waals surface area contributed by atoms with E-state index in [1.165, 1.54) is 0 Å². The van der Waals surface area contributed by atoms with Crippen LogP contribution in [0.3, 0.4) is 0 Å². The molecule has 90 valence electrons. The molecule has 1 saturated heterocycles. The maximum absolute atomic E-state index is 11.2. The monoisotopic (exact) mass is 294 g/mol. The molecule has 0 amide bonds. The topological polar surface area (TPSA) is 43.8 Å². The van der Waals surface area contributed by atoms with Crippen LogP contribution < -0.4 is 9.25 Å². The Kier molecular flexibility index (Phi) is 3.75. The predicted octanol–water partition coefficient (Wildman–Crippen LogP) is -0.0696. The van der Waals surface area contributed by atoms with E-state index in [0.29, 0.717) is 5.56 Å². The van der Waals surface area contributed by atoms with E-state index in [2.05, 4.69) is 33.7 Å². The second kappa shape index (κ2) is 5.11. The average Bonchev–Trinajstić information content (AvgIpc) is 2.30. The number of likely N-dealkylation sites (N-methyl/N-ethyl adjacent to an activating group) is 1. The molecule has 1 fully saturated rings. The van der Waals surface area contributed by atoms with E-state index in [4.69, 9.17) is 0 Å². The first kappa shape index (κ1) is 12.5. The summed E-state index contributed by atoms with van der Waals surface area (Å²) in [7, 11) is 2.09. The summed E-state index contributed by atoms with van der Waals surface area (Å²) in [5.41, 5.74) is 1.23. The number of nitrogens with zero attached hydrogens (tertiary/aromatic N) is 2. The van der Waals surface area contributed by atoms with Crippen molar-refractivity contribution >= 4 is 32.9 Å². The van der Waals surface area contributed by atoms with Gasteiger partial charge in [-0.1, -0.05) is 0 Å². The molecular weight excluding hydrogens is 279 g/mol. The summed E-state index contributed by atoms with van der Waals surface area (Å²) >= 11 is 2.38. The molecule has 17 heavy (non-hydrogen) atoms. The van der Waals surface area contributed by atoms with E-state index in [1.54, 1.807) is 6.07 Å². The summed E-state index contributed by atoms with van der Waals surface area (Å²) in [5.74, 6) is -0.855. The molecule has 0 aromatic heterocycles. The quantitative estimate of drug-likeness (QED) is 0.776. The molecule has 1 aliphatic rings. The summed E-state index contributed by atoms with van der Waals surface area (Å²) in [6.45, 7) is 3.72. The molecule has 4 nitrogen and oxygen atoms in total. The Hall–Kier alpha value is -0.992. The van der Waals surface area contributed by atoms with Gasteiger partial charge < -0.3 is 0 Å². The van der Waals surface area contributed by atoms with E-state index in [1.807, 2.05) is 12.1 Å². The van der Waals surface area contributed by atoms with Gasteiger partial charge in [0.25, 0.3) is 0 Å². The number of aromatic carboxylic acids is 1. The van der Waals surface area contributed by atoms with Crippen molar-refractivity contribution in [2.24, 2.45) is 0 Å². The van der Waals surface area contributed by atoms with Gasteiger partial charge in [0.2, 0.25) is 0 Å². The standard InChI is InChI=1S/C12H15AsN2O2/c1-14-4-6-15(7-5-14)11-3-2-9(13)8-10(11)12(16)17/h2-3,8H,4-7H2,1H3,(H,16,17). The fourth-order valence-corrected chi connectivity index (χ4v) is 2.45. The van der Waals surface area contributed by atoms with Gasteiger partial charge in [-0.2, -0.15) is 0 Å². The molecule has 2 rings (SSSR count). The van der Waals surface area contributed by atoms with Crippen LogP contribution >= 0.6 is 0 Å². The molecule has 1 N–H and O–H groups in total. The number of carboxylic acids is 1. The van der Waals surface area contributed by atoms with Gasteiger partial charge in [0.15, 0.2) is 0 Å². The average molecular weight is 294 g/mol. The Morgan fingerprint density at radius 3 is 2.53 bits per heavy atom. The van der Waals surface area contributed by atoms with Crippen LogP contribution in [0.25, 0.3) is 0 Å². The molecule has 0 spiro atoms. The van der Waals surface area contributed by atoms with Crippen LogP contribution in [0.1, 0.15) is 10.4 Å². The molecule has 1 heterocycles. The van der Waals surface area contributed by atoms with Gasteiger partial charge in [0, 0.05) is 0 Å². The van der Waals surface area contributed by atoms with E-state index >= 15 is 0 Å². The first-order valence-corrected chi connectivity index (χ1v) is 6.51. The Balaban J connectivity index is 2.28. The molecule has 0 unspecified atom stereocenters. The summed E-state index contributed by atoms with van der Waals surface area (Å²) in [5, 5.41) is 9.23. The third-order valence-corrected chi connectivity index (χ3v) is 3.64. The van der Waals surface area contributed by atoms with Gasteiger partial charge in [-0.05, 0) is 0 Å². The Labute approximate surface area is 110 Å². The SMILES string of the molecule is CN1CCN(c2ccc([As])cc2C(=O)O)CC1. The first-order valence-electron chi connectivity index (χ1n) is 5.58. The van der Waals surface area contributed by atoms with E-state index in [9.17, 15) is 9.90 Å². The molecule has 1 aromatic carbocycles. The van der Waals surface area contributed by atoms with Crippen LogP contribution in [0.15, 0.2) is 18.2 Å². The van der Waals surface area contributed by atoms with Crippen LogP contribution in [0.4, 0.5) is 5.69 Å². The number of carboxylic acid groups (broad SMARTS) is 1. The van der Waals surface area contributed by atoms with Crippen molar-refractivity contribution in [1.29, 1.82) is 0 Å². The normalized spacial score (nSPS) is 17.2. The van der Waals surface area contributed by atoms with E-state index in [0.717, 1.165) is 36.2 Å². The molecule has 0 bridgehead atoms. The van der Waals surface area contributed by atoms with Gasteiger partial charge in [-0.25, -0.2) is 0 Å². The van der Waals surface area contributed by atoms with Crippen LogP contribution in [0, 0.1) is 0 Å². The summed E-state index contributed by atoms with van der Waals surface area (Å²) in [6.07, 6.45) is 0. The maximum atomic E-state index is 11.2. The van der Waals surface area contributed by atoms with Crippen molar-refractivity contribution in [1.82, 2.24) is 4.90 Å². The molecule has 0 saturated carbocycles. The van der Waals surface area contributed by atoms with E-state index in [-0.39, 0.29) is 0 Å². The number of piperazine rings is 1. The predicted molar refractivity (Wildman–Crippen MR) is 68.5 cm³/mol. The van der Waals surface area contributed by atoms with Crippen molar-refractivity contribution < 1.29 is 9.90 Å². The number of hydrogen-bond acceptors (Lipinski definition) is 3. The zero-order valence-corrected chi connectivity index (χ0v) is 11.6. The van der Waals surface area contributed by atoms with Crippen LogP contribution in [0.5, 0.6) is 0 Å². The zero-order valence-electron chi connectivity index (χ0n) is 9.76. The fraction of sp³-hybridized carbons (Fsp3) is 0.417. The van der Waals surface area contributed by atoms with Gasteiger partial charge >= 0.3 is 110 Å². The minimum absolute atomic E-state index is 0.396. The first-order chi connectivity index (χ1) is 8.08. The third kappa shape index (κ3) is 2.82. The van der Waals surface area contributed by atoms with Crippen molar-refractivity contribution in [3.05, 3.63) is 23.8 Å². The second-order valence-electron chi connectivity index (χ2n) is 4.30.